The summed E-state index contributed by atoms with van der Waals surface area (Å²) < 4.78 is 6.09. The molecule has 21 heavy (non-hydrogen) atoms. The fourth-order valence-electron chi connectivity index (χ4n) is 3.23. The molecule has 0 aliphatic carbocycles. The molecular formula is C18H26N2O. The van der Waals surface area contributed by atoms with Gasteiger partial charge in [0.15, 0.2) is 0 Å². The van der Waals surface area contributed by atoms with Gasteiger partial charge in [-0.25, -0.2) is 0 Å². The van der Waals surface area contributed by atoms with Crippen LogP contribution >= 0.6 is 0 Å². The third-order valence-corrected chi connectivity index (χ3v) is 4.50. The van der Waals surface area contributed by atoms with Crippen molar-refractivity contribution in [2.45, 2.75) is 45.2 Å². The Morgan fingerprint density at radius 3 is 2.95 bits per heavy atom. The van der Waals surface area contributed by atoms with Crippen molar-refractivity contribution < 1.29 is 4.42 Å². The summed E-state index contributed by atoms with van der Waals surface area (Å²) in [6.07, 6.45) is 4.69. The van der Waals surface area contributed by atoms with Crippen LogP contribution < -0.4 is 5.32 Å². The minimum Gasteiger partial charge on any atom is -0.461 e. The SMILES string of the molecule is CCCCc1oc2ccccc2c1CNC1CCN(C)C1. The van der Waals surface area contributed by atoms with Crippen molar-refractivity contribution in [3.8, 4) is 0 Å². The van der Waals surface area contributed by atoms with Crippen LogP contribution in [-0.2, 0) is 13.0 Å². The number of hydrogen-bond donors (Lipinski definition) is 1. The minimum atomic E-state index is 0.614. The molecule has 0 spiro atoms. The third-order valence-electron chi connectivity index (χ3n) is 4.50. The van der Waals surface area contributed by atoms with Gasteiger partial charge in [0.1, 0.15) is 11.3 Å². The van der Waals surface area contributed by atoms with E-state index in [2.05, 4.69) is 48.5 Å². The molecule has 114 valence electrons. The van der Waals surface area contributed by atoms with Gasteiger partial charge in [-0.15, -0.1) is 0 Å². The van der Waals surface area contributed by atoms with Crippen LogP contribution in [0.15, 0.2) is 28.7 Å². The number of likely N-dealkylation sites (tertiary alicyclic amines) is 1. The Hall–Kier alpha value is -1.32. The number of nitrogens with zero attached hydrogens (tertiary/aromatic N) is 1. The first-order chi connectivity index (χ1) is 10.3. The van der Waals surface area contributed by atoms with E-state index in [4.69, 9.17) is 4.42 Å². The van der Waals surface area contributed by atoms with E-state index in [1.54, 1.807) is 0 Å². The van der Waals surface area contributed by atoms with Crippen molar-refractivity contribution in [2.75, 3.05) is 20.1 Å². The molecule has 2 aromatic rings. The highest BCUT2D eigenvalue weighted by Crippen LogP contribution is 2.27. The lowest BCUT2D eigenvalue weighted by Crippen LogP contribution is -2.31. The monoisotopic (exact) mass is 286 g/mol. The maximum absolute atomic E-state index is 6.09. The molecule has 0 amide bonds. The summed E-state index contributed by atoms with van der Waals surface area (Å²) in [5.74, 6) is 1.18. The summed E-state index contributed by atoms with van der Waals surface area (Å²) in [6.45, 7) is 5.51. The molecule has 0 bridgehead atoms. The Bertz CT molecular complexity index is 590. The average molecular weight is 286 g/mol. The number of rotatable bonds is 6. The zero-order valence-corrected chi connectivity index (χ0v) is 13.2. The molecule has 2 heterocycles. The Morgan fingerprint density at radius 2 is 2.19 bits per heavy atom. The van der Waals surface area contributed by atoms with Gasteiger partial charge in [0, 0.05) is 36.5 Å². The largest absolute Gasteiger partial charge is 0.461 e. The van der Waals surface area contributed by atoms with Gasteiger partial charge >= 0.3 is 0 Å². The Kier molecular flexibility index (Phi) is 4.61. The summed E-state index contributed by atoms with van der Waals surface area (Å²) in [5, 5.41) is 5.00. The molecule has 0 radical (unpaired) electrons. The normalized spacial score (nSPS) is 19.6. The van der Waals surface area contributed by atoms with Crippen LogP contribution in [0.25, 0.3) is 11.0 Å². The molecule has 1 fully saturated rings. The second-order valence-electron chi connectivity index (χ2n) is 6.23. The maximum atomic E-state index is 6.09. The number of aryl methyl sites for hydroxylation is 1. The van der Waals surface area contributed by atoms with E-state index >= 15 is 0 Å². The van der Waals surface area contributed by atoms with Crippen LogP contribution in [0.2, 0.25) is 0 Å². The van der Waals surface area contributed by atoms with Crippen LogP contribution in [0, 0.1) is 0 Å². The van der Waals surface area contributed by atoms with Crippen molar-refractivity contribution >= 4 is 11.0 Å². The minimum absolute atomic E-state index is 0.614. The summed E-state index contributed by atoms with van der Waals surface area (Å²) in [6, 6.07) is 9.04. The summed E-state index contributed by atoms with van der Waals surface area (Å²) in [5.41, 5.74) is 2.40. The number of unbranched alkanes of at least 4 members (excludes halogenated alkanes) is 1. The lowest BCUT2D eigenvalue weighted by molar-refractivity contribution is 0.397. The van der Waals surface area contributed by atoms with Crippen LogP contribution in [-0.4, -0.2) is 31.1 Å². The highest BCUT2D eigenvalue weighted by Gasteiger charge is 2.20. The molecule has 1 N–H and O–H groups in total. The van der Waals surface area contributed by atoms with Gasteiger partial charge in [0.25, 0.3) is 0 Å². The number of furan rings is 1. The van der Waals surface area contributed by atoms with E-state index in [0.717, 1.165) is 25.1 Å². The van der Waals surface area contributed by atoms with E-state index in [1.807, 2.05) is 0 Å². The molecule has 3 nitrogen and oxygen atoms in total. The molecule has 1 unspecified atom stereocenters. The van der Waals surface area contributed by atoms with Gasteiger partial charge in [0.2, 0.25) is 0 Å². The summed E-state index contributed by atoms with van der Waals surface area (Å²) in [7, 11) is 2.20. The number of fused-ring (bicyclic) bond motifs is 1. The van der Waals surface area contributed by atoms with Crippen LogP contribution in [0.3, 0.4) is 0 Å². The fourth-order valence-corrected chi connectivity index (χ4v) is 3.23. The van der Waals surface area contributed by atoms with E-state index < -0.39 is 0 Å². The molecule has 1 atom stereocenters. The van der Waals surface area contributed by atoms with E-state index in [9.17, 15) is 0 Å². The number of hydrogen-bond acceptors (Lipinski definition) is 3. The molecule has 1 aromatic heterocycles. The summed E-state index contributed by atoms with van der Waals surface area (Å²) in [4.78, 5) is 2.39. The van der Waals surface area contributed by atoms with Gasteiger partial charge in [-0.3, -0.25) is 0 Å². The number of likely N-dealkylation sites (N-methyl/N-ethyl adjacent to an activating group) is 1. The summed E-state index contributed by atoms with van der Waals surface area (Å²) >= 11 is 0. The number of para-hydroxylation sites is 1. The highest BCUT2D eigenvalue weighted by atomic mass is 16.3. The van der Waals surface area contributed by atoms with Gasteiger partial charge in [-0.05, 0) is 32.5 Å². The first kappa shape index (κ1) is 14.6. The third kappa shape index (κ3) is 3.30. The zero-order valence-electron chi connectivity index (χ0n) is 13.2. The topological polar surface area (TPSA) is 28.4 Å². The van der Waals surface area contributed by atoms with Crippen molar-refractivity contribution in [1.82, 2.24) is 10.2 Å². The molecule has 3 heteroatoms. The van der Waals surface area contributed by atoms with Gasteiger partial charge in [-0.2, -0.15) is 0 Å². The Balaban J connectivity index is 1.77. The Morgan fingerprint density at radius 1 is 1.33 bits per heavy atom. The zero-order chi connectivity index (χ0) is 14.7. The second kappa shape index (κ2) is 6.63. The molecule has 3 rings (SSSR count). The molecule has 0 saturated carbocycles. The average Bonchev–Trinajstić information content (AvgIpc) is 3.06. The lowest BCUT2D eigenvalue weighted by atomic mass is 10.1. The first-order valence-corrected chi connectivity index (χ1v) is 8.19. The Labute approximate surface area is 127 Å². The number of nitrogens with one attached hydrogen (secondary N) is 1. The molecule has 1 saturated heterocycles. The van der Waals surface area contributed by atoms with Gasteiger partial charge < -0.3 is 14.6 Å². The molecule has 1 aliphatic heterocycles. The predicted molar refractivity (Wildman–Crippen MR) is 87.6 cm³/mol. The molecule has 1 aliphatic rings. The van der Waals surface area contributed by atoms with Crippen molar-refractivity contribution in [1.29, 1.82) is 0 Å². The van der Waals surface area contributed by atoms with Crippen molar-refractivity contribution in [3.05, 3.63) is 35.6 Å². The van der Waals surface area contributed by atoms with Crippen LogP contribution in [0.1, 0.15) is 37.5 Å². The van der Waals surface area contributed by atoms with Crippen molar-refractivity contribution in [3.63, 3.8) is 0 Å². The van der Waals surface area contributed by atoms with Crippen molar-refractivity contribution in [2.24, 2.45) is 0 Å². The smallest absolute Gasteiger partial charge is 0.134 e. The van der Waals surface area contributed by atoms with Crippen LogP contribution in [0.5, 0.6) is 0 Å². The number of benzene rings is 1. The van der Waals surface area contributed by atoms with Crippen LogP contribution in [0.4, 0.5) is 0 Å². The standard InChI is InChI=1S/C18H26N2O/c1-3-4-8-18-16(12-19-14-10-11-20(2)13-14)15-7-5-6-9-17(15)21-18/h5-7,9,14,19H,3-4,8,10-13H2,1-2H3. The maximum Gasteiger partial charge on any atom is 0.134 e. The first-order valence-electron chi connectivity index (χ1n) is 8.19. The fraction of sp³-hybridized carbons (Fsp3) is 0.556. The van der Waals surface area contributed by atoms with E-state index in [1.165, 1.54) is 42.5 Å². The van der Waals surface area contributed by atoms with Gasteiger partial charge in [-0.1, -0.05) is 31.5 Å². The highest BCUT2D eigenvalue weighted by molar-refractivity contribution is 5.82. The van der Waals surface area contributed by atoms with E-state index in [0.29, 0.717) is 6.04 Å². The second-order valence-corrected chi connectivity index (χ2v) is 6.23. The predicted octanol–water partition coefficient (Wildman–Crippen LogP) is 3.57. The molecule has 1 aromatic carbocycles. The molecular weight excluding hydrogens is 260 g/mol. The van der Waals surface area contributed by atoms with Gasteiger partial charge in [0.05, 0.1) is 0 Å². The quantitative estimate of drug-likeness (QED) is 0.880. The van der Waals surface area contributed by atoms with E-state index in [-0.39, 0.29) is 0 Å². The lowest BCUT2D eigenvalue weighted by Gasteiger charge is -2.13.